The smallest absolute Gasteiger partial charge is 0.260 e. The number of ether oxygens (including phenoxy) is 1. The summed E-state index contributed by atoms with van der Waals surface area (Å²) in [5.74, 6) is -6.65. The number of benzene rings is 4. The molecular weight excluding hydrogens is 765 g/mol. The molecule has 9 nitrogen and oxygen atoms in total. The van der Waals surface area contributed by atoms with Gasteiger partial charge in [-0.15, -0.1) is 0 Å². The third-order valence-corrected chi connectivity index (χ3v) is 12.2. The van der Waals surface area contributed by atoms with E-state index in [0.717, 1.165) is 17.0 Å². The third kappa shape index (κ3) is 5.30. The number of hydrazine groups is 1. The number of aromatic hydroxyl groups is 1. The Morgan fingerprint density at radius 3 is 2.30 bits per heavy atom. The van der Waals surface area contributed by atoms with Crippen LogP contribution in [0.2, 0.25) is 5.02 Å². The van der Waals surface area contributed by atoms with E-state index in [-0.39, 0.29) is 36.2 Å². The molecule has 3 fully saturated rings. The van der Waals surface area contributed by atoms with Crippen molar-refractivity contribution in [2.75, 3.05) is 17.4 Å². The number of phenols is 1. The van der Waals surface area contributed by atoms with E-state index in [1.807, 2.05) is 25.1 Å². The van der Waals surface area contributed by atoms with Crippen molar-refractivity contribution < 1.29 is 33.4 Å². The lowest BCUT2D eigenvalue weighted by molar-refractivity contribution is -0.138. The number of phenolic OH excluding ortho intramolecular Hbond substituents is 1. The fraction of sp³-hybridized carbons (Fsp3) is 0.268. The predicted octanol–water partition coefficient (Wildman–Crippen LogP) is 7.71. The number of hydrogen-bond acceptors (Lipinski definition) is 7. The average molecular weight is 799 g/mol. The van der Waals surface area contributed by atoms with E-state index in [1.54, 1.807) is 48.5 Å². The van der Waals surface area contributed by atoms with Gasteiger partial charge in [0.25, 0.3) is 11.8 Å². The monoisotopic (exact) mass is 797 g/mol. The van der Waals surface area contributed by atoms with E-state index >= 15 is 4.79 Å². The number of fused-ring (bicyclic) bond motifs is 4. The second-order valence-electron chi connectivity index (χ2n) is 14.0. The van der Waals surface area contributed by atoms with Gasteiger partial charge in [0.15, 0.2) is 11.5 Å². The highest BCUT2D eigenvalue weighted by atomic mass is 79.9. The summed E-state index contributed by atoms with van der Waals surface area (Å²) >= 11 is 9.93. The van der Waals surface area contributed by atoms with Gasteiger partial charge in [-0.1, -0.05) is 70.4 Å². The Bertz CT molecular complexity index is 2210. The molecule has 4 aliphatic rings. The van der Waals surface area contributed by atoms with Crippen molar-refractivity contribution >= 4 is 62.5 Å². The molecule has 6 unspecified atom stereocenters. The first-order chi connectivity index (χ1) is 25.5. The molecule has 4 amide bonds. The van der Waals surface area contributed by atoms with Crippen molar-refractivity contribution in [3.8, 4) is 11.5 Å². The lowest BCUT2D eigenvalue weighted by Crippen LogP contribution is -2.53. The highest BCUT2D eigenvalue weighted by molar-refractivity contribution is 9.10. The molecule has 2 aliphatic carbocycles. The fourth-order valence-electron chi connectivity index (χ4n) is 9.10. The molecule has 0 bridgehead atoms. The average Bonchev–Trinajstić information content (AvgIpc) is 3.54. The first kappa shape index (κ1) is 35.1. The standard InChI is InChI=1S/C41H34BrClFN3O6/c1-3-21-4-14-27(15-5-21)46-37(49)29-17-16-28-30(34(29)39(46)51)20-32-38(50)47(45-26-12-10-25(44)11-13-26)40(52)41(32,22-6-8-24(43)9-7-22)35(28)31-18-23(42)19-33(53-2)36(31)48/h4-16,18-19,29-30,32,34-35,45,48H,3,17,20H2,1-2H3. The highest BCUT2D eigenvalue weighted by Gasteiger charge is 2.70. The van der Waals surface area contributed by atoms with E-state index in [4.69, 9.17) is 16.3 Å². The van der Waals surface area contributed by atoms with Gasteiger partial charge in [-0.3, -0.25) is 29.5 Å². The molecule has 53 heavy (non-hydrogen) atoms. The molecule has 270 valence electrons. The molecule has 4 aromatic rings. The lowest BCUT2D eigenvalue weighted by Gasteiger charge is -2.50. The van der Waals surface area contributed by atoms with Gasteiger partial charge in [0, 0.05) is 21.0 Å². The number of nitrogens with one attached hydrogen (secondary N) is 1. The van der Waals surface area contributed by atoms with Gasteiger partial charge in [-0.25, -0.2) is 4.39 Å². The number of amides is 4. The van der Waals surface area contributed by atoms with Crippen LogP contribution in [0.1, 0.15) is 42.4 Å². The molecule has 6 atom stereocenters. The fourth-order valence-corrected chi connectivity index (χ4v) is 9.69. The molecule has 4 aromatic carbocycles. The van der Waals surface area contributed by atoms with E-state index in [1.165, 1.54) is 36.3 Å². The van der Waals surface area contributed by atoms with Crippen LogP contribution in [0, 0.1) is 29.5 Å². The summed E-state index contributed by atoms with van der Waals surface area (Å²) in [6.45, 7) is 2.02. The van der Waals surface area contributed by atoms with E-state index in [9.17, 15) is 23.9 Å². The number of aryl methyl sites for hydroxylation is 1. The van der Waals surface area contributed by atoms with Gasteiger partial charge in [-0.2, -0.15) is 5.01 Å². The molecule has 2 saturated heterocycles. The highest BCUT2D eigenvalue weighted by Crippen LogP contribution is 2.65. The number of nitrogens with zero attached hydrogens (tertiary/aromatic N) is 2. The van der Waals surface area contributed by atoms with Crippen LogP contribution < -0.4 is 15.1 Å². The lowest BCUT2D eigenvalue weighted by atomic mass is 9.49. The SMILES string of the molecule is CCc1ccc(N2C(=O)C3CC=C4C(CC5C(=O)N(Nc6ccc(F)cc6)C(=O)C5(c5ccc(Cl)cc5)C4c4cc(Br)cc(OC)c4O)C3C2=O)cc1. The number of allylic oxidation sites excluding steroid dienone is 2. The largest absolute Gasteiger partial charge is 0.504 e. The molecule has 0 radical (unpaired) electrons. The quantitative estimate of drug-likeness (QED) is 0.145. The Kier molecular flexibility index (Phi) is 8.69. The van der Waals surface area contributed by atoms with Gasteiger partial charge in [0.05, 0.1) is 41.7 Å². The number of imide groups is 2. The van der Waals surface area contributed by atoms with Crippen LogP contribution in [-0.4, -0.2) is 40.9 Å². The van der Waals surface area contributed by atoms with Crippen LogP contribution in [0.4, 0.5) is 15.8 Å². The summed E-state index contributed by atoms with van der Waals surface area (Å²) in [6.07, 6.45) is 2.99. The van der Waals surface area contributed by atoms with Gasteiger partial charge >= 0.3 is 0 Å². The van der Waals surface area contributed by atoms with Crippen LogP contribution in [0.3, 0.4) is 0 Å². The zero-order chi connectivity index (χ0) is 37.3. The molecule has 8 rings (SSSR count). The molecule has 1 saturated carbocycles. The number of halogens is 3. The van der Waals surface area contributed by atoms with Crippen molar-refractivity contribution in [1.29, 1.82) is 0 Å². The summed E-state index contributed by atoms with van der Waals surface area (Å²) in [6, 6.07) is 22.6. The number of methoxy groups -OCH3 is 1. The topological polar surface area (TPSA) is 116 Å². The second kappa shape index (κ2) is 13.1. The van der Waals surface area contributed by atoms with Crippen molar-refractivity contribution in [3.63, 3.8) is 0 Å². The Morgan fingerprint density at radius 1 is 0.943 bits per heavy atom. The van der Waals surface area contributed by atoms with Crippen molar-refractivity contribution in [2.24, 2.45) is 23.7 Å². The van der Waals surface area contributed by atoms with E-state index < -0.39 is 52.6 Å². The zero-order valence-corrected chi connectivity index (χ0v) is 31.0. The Labute approximate surface area is 318 Å². The van der Waals surface area contributed by atoms with Crippen LogP contribution in [0.25, 0.3) is 0 Å². The minimum atomic E-state index is -1.66. The Hall–Kier alpha value is -5.00. The summed E-state index contributed by atoms with van der Waals surface area (Å²) in [5.41, 5.74) is 4.57. The predicted molar refractivity (Wildman–Crippen MR) is 200 cm³/mol. The number of carbonyl (C=O) groups is 4. The summed E-state index contributed by atoms with van der Waals surface area (Å²) < 4.78 is 20.0. The normalized spacial score (nSPS) is 26.3. The summed E-state index contributed by atoms with van der Waals surface area (Å²) in [5, 5.41) is 13.3. The van der Waals surface area contributed by atoms with Crippen LogP contribution in [-0.2, 0) is 31.0 Å². The first-order valence-corrected chi connectivity index (χ1v) is 18.6. The number of carbonyl (C=O) groups excluding carboxylic acids is 4. The maximum Gasteiger partial charge on any atom is 0.260 e. The van der Waals surface area contributed by atoms with Crippen molar-refractivity contribution in [2.45, 2.75) is 37.5 Å². The van der Waals surface area contributed by atoms with E-state index in [0.29, 0.717) is 37.6 Å². The molecule has 12 heteroatoms. The van der Waals surface area contributed by atoms with Crippen LogP contribution in [0.5, 0.6) is 11.5 Å². The van der Waals surface area contributed by atoms with Gasteiger partial charge < -0.3 is 9.84 Å². The van der Waals surface area contributed by atoms with Gasteiger partial charge in [0.2, 0.25) is 11.8 Å². The summed E-state index contributed by atoms with van der Waals surface area (Å²) in [7, 11) is 1.42. The van der Waals surface area contributed by atoms with Crippen LogP contribution in [0.15, 0.2) is 101 Å². The van der Waals surface area contributed by atoms with Crippen molar-refractivity contribution in [3.05, 3.63) is 129 Å². The van der Waals surface area contributed by atoms with E-state index in [2.05, 4.69) is 21.4 Å². The Balaban J connectivity index is 1.34. The molecular formula is C41H34BrClFN3O6. The van der Waals surface area contributed by atoms with Crippen LogP contribution >= 0.6 is 27.5 Å². The molecule has 0 aromatic heterocycles. The third-order valence-electron chi connectivity index (χ3n) is 11.5. The zero-order valence-electron chi connectivity index (χ0n) is 28.7. The minimum Gasteiger partial charge on any atom is -0.504 e. The number of hydrogen-bond donors (Lipinski definition) is 2. The first-order valence-electron chi connectivity index (χ1n) is 17.4. The summed E-state index contributed by atoms with van der Waals surface area (Å²) in [4.78, 5) is 60.1. The maximum absolute atomic E-state index is 15.3. The maximum atomic E-state index is 15.3. The minimum absolute atomic E-state index is 0.0613. The molecule has 0 spiro atoms. The molecule has 2 aliphatic heterocycles. The molecule has 2 N–H and O–H groups in total. The number of anilines is 2. The van der Waals surface area contributed by atoms with Gasteiger partial charge in [0.1, 0.15) is 5.82 Å². The van der Waals surface area contributed by atoms with Crippen molar-refractivity contribution in [1.82, 2.24) is 5.01 Å². The Morgan fingerprint density at radius 2 is 1.64 bits per heavy atom. The second-order valence-corrected chi connectivity index (χ2v) is 15.3. The molecule has 2 heterocycles. The number of rotatable bonds is 7. The van der Waals surface area contributed by atoms with Gasteiger partial charge in [-0.05, 0) is 97.0 Å².